The van der Waals surface area contributed by atoms with Crippen LogP contribution in [0.25, 0.3) is 0 Å². The predicted octanol–water partition coefficient (Wildman–Crippen LogP) is 2.04. The molecule has 0 spiro atoms. The van der Waals surface area contributed by atoms with Crippen LogP contribution in [0.15, 0.2) is 11.6 Å². The van der Waals surface area contributed by atoms with Gasteiger partial charge in [0.1, 0.15) is 6.17 Å². The largest absolute Gasteiger partial charge is 0.250 e. The quantitative estimate of drug-likeness (QED) is 0.620. The molecule has 0 aliphatic carbocycles. The molecule has 0 bridgehead atoms. The average molecular weight is 145 g/mol. The van der Waals surface area contributed by atoms with Crippen molar-refractivity contribution in [2.75, 3.05) is 0 Å². The molecule has 1 nitrogen and oxygen atoms in total. The third-order valence-corrected chi connectivity index (χ3v) is 1.74. The standard InChI is InChI=1S/C6H8FNS/c1-5(7)4-6-8-2-3-9-6/h2-3,5H,4H2,1H3. The maximum Gasteiger partial charge on any atom is 0.104 e. The second-order valence-corrected chi connectivity index (χ2v) is 2.89. The number of nitrogens with zero attached hydrogens (tertiary/aromatic N) is 1. The first-order chi connectivity index (χ1) is 4.29. The summed E-state index contributed by atoms with van der Waals surface area (Å²) in [5.74, 6) is 0. The molecule has 0 N–H and O–H groups in total. The van der Waals surface area contributed by atoms with Crippen LogP contribution in [-0.4, -0.2) is 11.2 Å². The van der Waals surface area contributed by atoms with Crippen LogP contribution in [0.1, 0.15) is 11.9 Å². The average Bonchev–Trinajstić information content (AvgIpc) is 2.15. The Labute approximate surface area is 57.6 Å². The zero-order valence-electron chi connectivity index (χ0n) is 5.17. The summed E-state index contributed by atoms with van der Waals surface area (Å²) >= 11 is 1.50. The highest BCUT2D eigenvalue weighted by Crippen LogP contribution is 2.07. The number of hydrogen-bond acceptors (Lipinski definition) is 2. The van der Waals surface area contributed by atoms with Crippen molar-refractivity contribution < 1.29 is 4.39 Å². The zero-order valence-corrected chi connectivity index (χ0v) is 5.99. The monoisotopic (exact) mass is 145 g/mol. The van der Waals surface area contributed by atoms with Gasteiger partial charge >= 0.3 is 0 Å². The molecule has 0 saturated heterocycles. The number of hydrogen-bond donors (Lipinski definition) is 0. The van der Waals surface area contributed by atoms with E-state index in [0.717, 1.165) is 5.01 Å². The molecule has 0 aliphatic rings. The fourth-order valence-corrected chi connectivity index (χ4v) is 1.32. The number of aromatic nitrogens is 1. The fourth-order valence-electron chi connectivity index (χ4n) is 0.594. The van der Waals surface area contributed by atoms with E-state index in [1.54, 1.807) is 13.1 Å². The topological polar surface area (TPSA) is 12.9 Å². The summed E-state index contributed by atoms with van der Waals surface area (Å²) in [6.45, 7) is 1.54. The number of thiazole rings is 1. The van der Waals surface area contributed by atoms with Gasteiger partial charge in [-0.3, -0.25) is 0 Å². The Balaban J connectivity index is 2.48. The predicted molar refractivity (Wildman–Crippen MR) is 36.4 cm³/mol. The summed E-state index contributed by atoms with van der Waals surface area (Å²) in [6, 6.07) is 0. The van der Waals surface area contributed by atoms with Crippen LogP contribution < -0.4 is 0 Å². The molecule has 1 unspecified atom stereocenters. The highest BCUT2D eigenvalue weighted by molar-refractivity contribution is 7.09. The molecule has 1 heterocycles. The molecule has 50 valence electrons. The molecular formula is C6H8FNS. The number of alkyl halides is 1. The van der Waals surface area contributed by atoms with Crippen LogP contribution >= 0.6 is 11.3 Å². The van der Waals surface area contributed by atoms with Crippen molar-refractivity contribution in [1.82, 2.24) is 4.98 Å². The fraction of sp³-hybridized carbons (Fsp3) is 0.500. The molecule has 0 amide bonds. The smallest absolute Gasteiger partial charge is 0.104 e. The molecule has 0 saturated carbocycles. The summed E-state index contributed by atoms with van der Waals surface area (Å²) in [6.07, 6.45) is 1.39. The maximum atomic E-state index is 12.2. The van der Waals surface area contributed by atoms with Crippen molar-refractivity contribution in [2.45, 2.75) is 19.5 Å². The van der Waals surface area contributed by atoms with E-state index >= 15 is 0 Å². The SMILES string of the molecule is CC(F)Cc1nccs1. The second-order valence-electron chi connectivity index (χ2n) is 1.91. The van der Waals surface area contributed by atoms with Crippen molar-refractivity contribution in [2.24, 2.45) is 0 Å². The highest BCUT2D eigenvalue weighted by Gasteiger charge is 2.00. The maximum absolute atomic E-state index is 12.2. The molecule has 1 aromatic rings. The van der Waals surface area contributed by atoms with Gasteiger partial charge in [-0.15, -0.1) is 11.3 Å². The van der Waals surface area contributed by atoms with Crippen molar-refractivity contribution >= 4 is 11.3 Å². The van der Waals surface area contributed by atoms with E-state index in [-0.39, 0.29) is 0 Å². The molecule has 3 heteroatoms. The van der Waals surface area contributed by atoms with Crippen LogP contribution in [0, 0.1) is 0 Å². The first-order valence-electron chi connectivity index (χ1n) is 2.81. The first kappa shape index (κ1) is 6.68. The van der Waals surface area contributed by atoms with Gasteiger partial charge in [-0.25, -0.2) is 9.37 Å². The van der Waals surface area contributed by atoms with E-state index in [9.17, 15) is 4.39 Å². The lowest BCUT2D eigenvalue weighted by molar-refractivity contribution is 0.360. The second kappa shape index (κ2) is 2.92. The third-order valence-electron chi connectivity index (χ3n) is 0.939. The molecule has 0 aliphatic heterocycles. The molecular weight excluding hydrogens is 137 g/mol. The number of rotatable bonds is 2. The van der Waals surface area contributed by atoms with E-state index in [1.165, 1.54) is 11.3 Å². The molecule has 0 fully saturated rings. The lowest BCUT2D eigenvalue weighted by Crippen LogP contribution is -1.96. The normalized spacial score (nSPS) is 13.6. The van der Waals surface area contributed by atoms with Gasteiger partial charge in [0, 0.05) is 18.0 Å². The van der Waals surface area contributed by atoms with Crippen molar-refractivity contribution in [3.05, 3.63) is 16.6 Å². The molecule has 9 heavy (non-hydrogen) atoms. The lowest BCUT2D eigenvalue weighted by Gasteiger charge is -1.93. The minimum atomic E-state index is -0.767. The van der Waals surface area contributed by atoms with Crippen molar-refractivity contribution in [1.29, 1.82) is 0 Å². The molecule has 1 rings (SSSR count). The lowest BCUT2D eigenvalue weighted by atomic mass is 10.3. The van der Waals surface area contributed by atoms with Gasteiger partial charge in [0.15, 0.2) is 0 Å². The Bertz CT molecular complexity index is 160. The first-order valence-corrected chi connectivity index (χ1v) is 3.69. The van der Waals surface area contributed by atoms with Crippen molar-refractivity contribution in [3.63, 3.8) is 0 Å². The van der Waals surface area contributed by atoms with E-state index in [0.29, 0.717) is 6.42 Å². The van der Waals surface area contributed by atoms with Crippen LogP contribution in [0.2, 0.25) is 0 Å². The van der Waals surface area contributed by atoms with Crippen LogP contribution in [0.5, 0.6) is 0 Å². The summed E-state index contributed by atoms with van der Waals surface area (Å²) in [4.78, 5) is 3.93. The Morgan fingerprint density at radius 3 is 3.11 bits per heavy atom. The molecule has 0 radical (unpaired) electrons. The summed E-state index contributed by atoms with van der Waals surface area (Å²) in [7, 11) is 0. The van der Waals surface area contributed by atoms with Crippen molar-refractivity contribution in [3.8, 4) is 0 Å². The van der Waals surface area contributed by atoms with E-state index in [2.05, 4.69) is 4.98 Å². The summed E-state index contributed by atoms with van der Waals surface area (Å²) < 4.78 is 12.2. The van der Waals surface area contributed by atoms with Gasteiger partial charge in [0.2, 0.25) is 0 Å². The van der Waals surface area contributed by atoms with E-state index in [1.807, 2.05) is 5.38 Å². The van der Waals surface area contributed by atoms with Gasteiger partial charge in [0.25, 0.3) is 0 Å². The minimum Gasteiger partial charge on any atom is -0.250 e. The van der Waals surface area contributed by atoms with E-state index < -0.39 is 6.17 Å². The zero-order chi connectivity index (χ0) is 6.69. The summed E-state index contributed by atoms with van der Waals surface area (Å²) in [5.41, 5.74) is 0. The highest BCUT2D eigenvalue weighted by atomic mass is 32.1. The van der Waals surface area contributed by atoms with E-state index in [4.69, 9.17) is 0 Å². The molecule has 1 aromatic heterocycles. The summed E-state index contributed by atoms with van der Waals surface area (Å²) in [5, 5.41) is 2.74. The van der Waals surface area contributed by atoms with Crippen LogP contribution in [-0.2, 0) is 6.42 Å². The molecule has 1 atom stereocenters. The van der Waals surface area contributed by atoms with Gasteiger partial charge in [-0.05, 0) is 6.92 Å². The Kier molecular flexibility index (Phi) is 2.16. The van der Waals surface area contributed by atoms with Gasteiger partial charge in [-0.1, -0.05) is 0 Å². The molecule has 0 aromatic carbocycles. The number of halogens is 1. The minimum absolute atomic E-state index is 0.456. The van der Waals surface area contributed by atoms with Crippen LogP contribution in [0.3, 0.4) is 0 Å². The Morgan fingerprint density at radius 2 is 2.67 bits per heavy atom. The van der Waals surface area contributed by atoms with Gasteiger partial charge in [0.05, 0.1) is 5.01 Å². The van der Waals surface area contributed by atoms with Gasteiger partial charge < -0.3 is 0 Å². The Morgan fingerprint density at radius 1 is 1.89 bits per heavy atom. The third kappa shape index (κ3) is 2.10. The van der Waals surface area contributed by atoms with Crippen LogP contribution in [0.4, 0.5) is 4.39 Å². The Hall–Kier alpha value is -0.440. The van der Waals surface area contributed by atoms with Gasteiger partial charge in [-0.2, -0.15) is 0 Å².